The van der Waals surface area contributed by atoms with E-state index in [-0.39, 0.29) is 15.5 Å². The van der Waals surface area contributed by atoms with E-state index >= 15 is 0 Å². The molecule has 0 radical (unpaired) electrons. The van der Waals surface area contributed by atoms with Crippen LogP contribution in [0, 0.1) is 17.2 Å². The van der Waals surface area contributed by atoms with Gasteiger partial charge in [-0.1, -0.05) is 11.6 Å². The quantitative estimate of drug-likeness (QED) is 0.915. The molecule has 0 aromatic heterocycles. The van der Waals surface area contributed by atoms with Crippen LogP contribution < -0.4 is 5.32 Å². The predicted molar refractivity (Wildman–Crippen MR) is 81.6 cm³/mol. The van der Waals surface area contributed by atoms with Crippen molar-refractivity contribution in [2.75, 3.05) is 26.7 Å². The molecule has 1 aromatic carbocycles. The number of hydrogen-bond donors (Lipinski definition) is 1. The zero-order chi connectivity index (χ0) is 15.5. The van der Waals surface area contributed by atoms with Crippen molar-refractivity contribution < 1.29 is 8.42 Å². The number of nitrogens with zero attached hydrogens (tertiary/aromatic N) is 2. The number of nitrogens with one attached hydrogen (secondary N) is 1. The number of rotatable bonds is 4. The third kappa shape index (κ3) is 3.55. The van der Waals surface area contributed by atoms with Gasteiger partial charge in [0.1, 0.15) is 6.07 Å². The Balaban J connectivity index is 2.27. The molecule has 2 rings (SSSR count). The lowest BCUT2D eigenvalue weighted by Gasteiger charge is -2.31. The molecular formula is C14H18ClN3O2S. The maximum absolute atomic E-state index is 12.7. The smallest absolute Gasteiger partial charge is 0.243 e. The van der Waals surface area contributed by atoms with Crippen LogP contribution in [0.1, 0.15) is 18.4 Å². The molecule has 1 atom stereocenters. The third-order valence-electron chi connectivity index (χ3n) is 3.67. The Morgan fingerprint density at radius 3 is 2.95 bits per heavy atom. The second-order valence-electron chi connectivity index (χ2n) is 5.18. The highest BCUT2D eigenvalue weighted by atomic mass is 35.5. The van der Waals surface area contributed by atoms with Gasteiger partial charge in [0.2, 0.25) is 10.0 Å². The highest BCUT2D eigenvalue weighted by Crippen LogP contribution is 2.26. The van der Waals surface area contributed by atoms with E-state index in [1.807, 2.05) is 13.1 Å². The Hall–Kier alpha value is -1.13. The Morgan fingerprint density at radius 1 is 1.52 bits per heavy atom. The van der Waals surface area contributed by atoms with Crippen LogP contribution in [-0.2, 0) is 10.0 Å². The van der Waals surface area contributed by atoms with Crippen LogP contribution >= 0.6 is 11.6 Å². The van der Waals surface area contributed by atoms with Gasteiger partial charge in [-0.2, -0.15) is 9.57 Å². The molecular weight excluding hydrogens is 310 g/mol. The van der Waals surface area contributed by atoms with E-state index in [2.05, 4.69) is 5.32 Å². The molecule has 1 N–H and O–H groups in total. The Morgan fingerprint density at radius 2 is 2.29 bits per heavy atom. The Kier molecular flexibility index (Phi) is 5.22. The first-order valence-corrected chi connectivity index (χ1v) is 8.65. The zero-order valence-corrected chi connectivity index (χ0v) is 13.4. The fourth-order valence-electron chi connectivity index (χ4n) is 2.60. The average Bonchev–Trinajstić information content (AvgIpc) is 2.48. The van der Waals surface area contributed by atoms with Gasteiger partial charge in [0.25, 0.3) is 0 Å². The molecule has 1 aromatic rings. The van der Waals surface area contributed by atoms with Crippen LogP contribution in [0.4, 0.5) is 0 Å². The summed E-state index contributed by atoms with van der Waals surface area (Å²) in [6, 6.07) is 6.18. The van der Waals surface area contributed by atoms with Gasteiger partial charge in [0, 0.05) is 13.1 Å². The summed E-state index contributed by atoms with van der Waals surface area (Å²) >= 11 is 5.86. The molecule has 1 fully saturated rings. The highest BCUT2D eigenvalue weighted by Gasteiger charge is 2.30. The van der Waals surface area contributed by atoms with Crippen molar-refractivity contribution >= 4 is 21.6 Å². The monoisotopic (exact) mass is 327 g/mol. The summed E-state index contributed by atoms with van der Waals surface area (Å²) < 4.78 is 26.8. The van der Waals surface area contributed by atoms with Gasteiger partial charge in [-0.3, -0.25) is 0 Å². The minimum absolute atomic E-state index is 0.133. The van der Waals surface area contributed by atoms with Gasteiger partial charge in [-0.15, -0.1) is 0 Å². The summed E-state index contributed by atoms with van der Waals surface area (Å²) in [7, 11) is -1.70. The van der Waals surface area contributed by atoms with E-state index < -0.39 is 10.0 Å². The average molecular weight is 328 g/mol. The molecule has 0 saturated carbocycles. The Labute approximate surface area is 130 Å². The summed E-state index contributed by atoms with van der Waals surface area (Å²) in [4.78, 5) is 0.133. The van der Waals surface area contributed by atoms with E-state index in [0.717, 1.165) is 19.4 Å². The van der Waals surface area contributed by atoms with Crippen molar-refractivity contribution in [1.82, 2.24) is 9.62 Å². The summed E-state index contributed by atoms with van der Waals surface area (Å²) in [6.07, 6.45) is 1.88. The first-order chi connectivity index (χ1) is 9.98. The van der Waals surface area contributed by atoms with E-state index in [9.17, 15) is 8.42 Å². The maximum Gasteiger partial charge on any atom is 0.243 e. The fourth-order valence-corrected chi connectivity index (χ4v) is 4.34. The topological polar surface area (TPSA) is 73.2 Å². The predicted octanol–water partition coefficient (Wildman–Crippen LogP) is 1.83. The summed E-state index contributed by atoms with van der Waals surface area (Å²) in [5, 5.41) is 12.3. The lowest BCUT2D eigenvalue weighted by Crippen LogP contribution is -2.42. The van der Waals surface area contributed by atoms with Crippen molar-refractivity contribution in [3.63, 3.8) is 0 Å². The minimum atomic E-state index is -3.57. The summed E-state index contributed by atoms with van der Waals surface area (Å²) in [6.45, 7) is 1.83. The number of nitriles is 1. The summed E-state index contributed by atoms with van der Waals surface area (Å²) in [5.41, 5.74) is 0.182. The molecule has 0 spiro atoms. The van der Waals surface area contributed by atoms with Crippen LogP contribution in [0.25, 0.3) is 0 Å². The van der Waals surface area contributed by atoms with Gasteiger partial charge >= 0.3 is 0 Å². The number of sulfonamides is 1. The molecule has 1 unspecified atom stereocenters. The van der Waals surface area contributed by atoms with Crippen molar-refractivity contribution in [3.8, 4) is 6.07 Å². The van der Waals surface area contributed by atoms with Crippen molar-refractivity contribution in [2.24, 2.45) is 5.92 Å². The number of piperidine rings is 1. The van der Waals surface area contributed by atoms with E-state index in [0.29, 0.717) is 19.0 Å². The van der Waals surface area contributed by atoms with Crippen molar-refractivity contribution in [3.05, 3.63) is 28.8 Å². The van der Waals surface area contributed by atoms with Gasteiger partial charge in [-0.05, 0) is 50.6 Å². The molecule has 7 heteroatoms. The van der Waals surface area contributed by atoms with E-state index in [1.54, 1.807) is 0 Å². The van der Waals surface area contributed by atoms with Gasteiger partial charge < -0.3 is 5.32 Å². The molecule has 114 valence electrons. The van der Waals surface area contributed by atoms with E-state index in [4.69, 9.17) is 16.9 Å². The molecule has 5 nitrogen and oxygen atoms in total. The largest absolute Gasteiger partial charge is 0.319 e. The van der Waals surface area contributed by atoms with Crippen LogP contribution in [0.3, 0.4) is 0 Å². The lowest BCUT2D eigenvalue weighted by atomic mass is 10.00. The number of hydrogen-bond acceptors (Lipinski definition) is 4. The highest BCUT2D eigenvalue weighted by molar-refractivity contribution is 7.89. The molecule has 1 aliphatic heterocycles. The van der Waals surface area contributed by atoms with Crippen LogP contribution in [0.5, 0.6) is 0 Å². The SMILES string of the molecule is CNCC1CCCN(S(=O)(=O)c2ccc(Cl)c(C#N)c2)C1. The van der Waals surface area contributed by atoms with E-state index in [1.165, 1.54) is 22.5 Å². The van der Waals surface area contributed by atoms with Crippen molar-refractivity contribution in [1.29, 1.82) is 5.26 Å². The Bertz CT molecular complexity index is 653. The first-order valence-electron chi connectivity index (χ1n) is 6.83. The molecule has 1 saturated heterocycles. The minimum Gasteiger partial charge on any atom is -0.319 e. The first kappa shape index (κ1) is 16.2. The molecule has 1 aliphatic rings. The molecule has 0 aliphatic carbocycles. The van der Waals surface area contributed by atoms with Crippen molar-refractivity contribution in [2.45, 2.75) is 17.7 Å². The van der Waals surface area contributed by atoms with Crippen LogP contribution in [-0.4, -0.2) is 39.4 Å². The molecule has 0 amide bonds. The van der Waals surface area contributed by atoms with Gasteiger partial charge in [-0.25, -0.2) is 8.42 Å². The third-order valence-corrected chi connectivity index (χ3v) is 5.86. The van der Waals surface area contributed by atoms with Crippen LogP contribution in [0.15, 0.2) is 23.1 Å². The number of halogens is 1. The molecule has 1 heterocycles. The zero-order valence-electron chi connectivity index (χ0n) is 11.8. The summed E-state index contributed by atoms with van der Waals surface area (Å²) in [5.74, 6) is 0.321. The second kappa shape index (κ2) is 6.75. The standard InChI is InChI=1S/C14H18ClN3O2S/c1-17-9-11-3-2-6-18(10-11)21(19,20)13-4-5-14(15)12(7-13)8-16/h4-5,7,11,17H,2-3,6,9-10H2,1H3. The fraction of sp³-hybridized carbons (Fsp3) is 0.500. The normalized spacial score (nSPS) is 20.1. The number of benzene rings is 1. The van der Waals surface area contributed by atoms with Gasteiger partial charge in [0.05, 0.1) is 15.5 Å². The maximum atomic E-state index is 12.7. The lowest BCUT2D eigenvalue weighted by molar-refractivity contribution is 0.263. The molecule has 0 bridgehead atoms. The second-order valence-corrected chi connectivity index (χ2v) is 7.53. The molecule has 21 heavy (non-hydrogen) atoms. The van der Waals surface area contributed by atoms with Gasteiger partial charge in [0.15, 0.2) is 0 Å². The van der Waals surface area contributed by atoms with Crippen LogP contribution in [0.2, 0.25) is 5.02 Å².